The summed E-state index contributed by atoms with van der Waals surface area (Å²) in [5.74, 6) is 0.0575. The molecule has 0 atom stereocenters. The standard InChI is InChI=1S/C17H23BrN4O/c1-11-9-13(18)10-22-15(12(2)19-16(11)22)17(23)21(4)14-5-7-20(3)8-6-14/h9-10,14H,5-8H2,1-4H3. The SMILES string of the molecule is Cc1nc2c(C)cc(Br)cn2c1C(=O)N(C)C1CCN(C)CC1. The number of aromatic nitrogens is 2. The van der Waals surface area contributed by atoms with Crippen LogP contribution in [0.2, 0.25) is 0 Å². The molecule has 2 aromatic heterocycles. The van der Waals surface area contributed by atoms with Gasteiger partial charge in [0, 0.05) is 23.8 Å². The van der Waals surface area contributed by atoms with Crippen LogP contribution in [-0.2, 0) is 0 Å². The smallest absolute Gasteiger partial charge is 0.272 e. The van der Waals surface area contributed by atoms with Gasteiger partial charge in [-0.15, -0.1) is 0 Å². The number of piperidine rings is 1. The molecule has 6 heteroatoms. The van der Waals surface area contributed by atoms with Gasteiger partial charge in [0.15, 0.2) is 0 Å². The van der Waals surface area contributed by atoms with Gasteiger partial charge in [-0.1, -0.05) is 0 Å². The number of rotatable bonds is 2. The lowest BCUT2D eigenvalue weighted by Crippen LogP contribution is -2.44. The monoisotopic (exact) mass is 378 g/mol. The van der Waals surface area contributed by atoms with Gasteiger partial charge in [0.2, 0.25) is 0 Å². The number of aryl methyl sites for hydroxylation is 2. The number of fused-ring (bicyclic) bond motifs is 1. The van der Waals surface area contributed by atoms with E-state index in [1.807, 2.05) is 42.5 Å². The van der Waals surface area contributed by atoms with Crippen molar-refractivity contribution < 1.29 is 4.79 Å². The predicted molar refractivity (Wildman–Crippen MR) is 95.0 cm³/mol. The lowest BCUT2D eigenvalue weighted by Gasteiger charge is -2.35. The summed E-state index contributed by atoms with van der Waals surface area (Å²) in [6.45, 7) is 6.01. The van der Waals surface area contributed by atoms with E-state index in [1.54, 1.807) is 0 Å². The van der Waals surface area contributed by atoms with Gasteiger partial charge >= 0.3 is 0 Å². The molecule has 3 rings (SSSR count). The lowest BCUT2D eigenvalue weighted by atomic mass is 10.0. The van der Waals surface area contributed by atoms with Crippen LogP contribution in [-0.4, -0.2) is 58.3 Å². The molecular formula is C17H23BrN4O. The third-order valence-electron chi connectivity index (χ3n) is 4.80. The number of pyridine rings is 1. The third-order valence-corrected chi connectivity index (χ3v) is 5.24. The highest BCUT2D eigenvalue weighted by Gasteiger charge is 2.28. The zero-order chi connectivity index (χ0) is 16.7. The van der Waals surface area contributed by atoms with Gasteiger partial charge in [-0.2, -0.15) is 0 Å². The molecule has 1 aliphatic heterocycles. The van der Waals surface area contributed by atoms with E-state index < -0.39 is 0 Å². The first-order valence-corrected chi connectivity index (χ1v) is 8.78. The Kier molecular flexibility index (Phi) is 4.47. The van der Waals surface area contributed by atoms with Crippen molar-refractivity contribution in [3.63, 3.8) is 0 Å². The van der Waals surface area contributed by atoms with Crippen molar-refractivity contribution in [1.29, 1.82) is 0 Å². The fraction of sp³-hybridized carbons (Fsp3) is 0.529. The molecule has 5 nitrogen and oxygen atoms in total. The third kappa shape index (κ3) is 3.02. The maximum atomic E-state index is 13.1. The van der Waals surface area contributed by atoms with Gasteiger partial charge < -0.3 is 9.80 Å². The van der Waals surface area contributed by atoms with Gasteiger partial charge in [0.25, 0.3) is 5.91 Å². The van der Waals surface area contributed by atoms with Crippen molar-refractivity contribution >= 4 is 27.5 Å². The van der Waals surface area contributed by atoms with Crippen LogP contribution in [0.15, 0.2) is 16.7 Å². The lowest BCUT2D eigenvalue weighted by molar-refractivity contribution is 0.0652. The van der Waals surface area contributed by atoms with Crippen LogP contribution in [0.1, 0.15) is 34.6 Å². The first kappa shape index (κ1) is 16.5. The molecule has 0 saturated carbocycles. The fourth-order valence-electron chi connectivity index (χ4n) is 3.35. The molecule has 2 aromatic rings. The summed E-state index contributed by atoms with van der Waals surface area (Å²) in [6, 6.07) is 2.33. The zero-order valence-corrected chi connectivity index (χ0v) is 15.7. The Morgan fingerprint density at radius 2 is 2.00 bits per heavy atom. The Hall–Kier alpha value is -1.40. The minimum absolute atomic E-state index is 0.0575. The second-order valence-corrected chi connectivity index (χ2v) is 7.45. The van der Waals surface area contributed by atoms with Crippen molar-refractivity contribution in [3.8, 4) is 0 Å². The summed E-state index contributed by atoms with van der Waals surface area (Å²) in [5, 5.41) is 0. The van der Waals surface area contributed by atoms with E-state index in [-0.39, 0.29) is 5.91 Å². The molecule has 1 aliphatic rings. The Morgan fingerprint density at radius 3 is 2.65 bits per heavy atom. The van der Waals surface area contributed by atoms with E-state index >= 15 is 0 Å². The summed E-state index contributed by atoms with van der Waals surface area (Å²) in [5.41, 5.74) is 3.37. The first-order valence-electron chi connectivity index (χ1n) is 7.99. The molecule has 0 radical (unpaired) electrons. The molecule has 0 bridgehead atoms. The number of likely N-dealkylation sites (tertiary alicyclic amines) is 1. The molecule has 23 heavy (non-hydrogen) atoms. The van der Waals surface area contributed by atoms with E-state index in [9.17, 15) is 4.79 Å². The fourth-order valence-corrected chi connectivity index (χ4v) is 3.90. The molecule has 1 fully saturated rings. The van der Waals surface area contributed by atoms with E-state index in [1.165, 1.54) is 0 Å². The molecular weight excluding hydrogens is 356 g/mol. The molecule has 0 N–H and O–H groups in total. The number of amides is 1. The van der Waals surface area contributed by atoms with E-state index in [4.69, 9.17) is 0 Å². The highest BCUT2D eigenvalue weighted by atomic mass is 79.9. The summed E-state index contributed by atoms with van der Waals surface area (Å²) >= 11 is 3.52. The predicted octanol–water partition coefficient (Wildman–Crippen LogP) is 2.88. The maximum absolute atomic E-state index is 13.1. The molecule has 0 spiro atoms. The summed E-state index contributed by atoms with van der Waals surface area (Å²) in [6.07, 6.45) is 3.98. The molecule has 0 aromatic carbocycles. The van der Waals surface area contributed by atoms with Crippen LogP contribution >= 0.6 is 15.9 Å². The van der Waals surface area contributed by atoms with Gasteiger partial charge in [0.05, 0.1) is 5.69 Å². The van der Waals surface area contributed by atoms with Crippen LogP contribution in [0.4, 0.5) is 0 Å². The van der Waals surface area contributed by atoms with Crippen LogP contribution in [0.25, 0.3) is 5.65 Å². The topological polar surface area (TPSA) is 40.9 Å². The minimum Gasteiger partial charge on any atom is -0.337 e. The molecule has 1 saturated heterocycles. The molecule has 3 heterocycles. The highest BCUT2D eigenvalue weighted by molar-refractivity contribution is 9.10. The Balaban J connectivity index is 1.96. The van der Waals surface area contributed by atoms with Crippen molar-refractivity contribution in [1.82, 2.24) is 19.2 Å². The second-order valence-electron chi connectivity index (χ2n) is 6.53. The molecule has 1 amide bonds. The van der Waals surface area contributed by atoms with E-state index in [0.717, 1.165) is 47.3 Å². The second kappa shape index (κ2) is 6.24. The van der Waals surface area contributed by atoms with E-state index in [0.29, 0.717) is 11.7 Å². The number of hydrogen-bond donors (Lipinski definition) is 0. The summed E-state index contributed by atoms with van der Waals surface area (Å²) in [4.78, 5) is 21.9. The average molecular weight is 379 g/mol. The molecule has 124 valence electrons. The number of carbonyl (C=O) groups excluding carboxylic acids is 1. The van der Waals surface area contributed by atoms with Gasteiger partial charge in [-0.05, 0) is 74.4 Å². The largest absolute Gasteiger partial charge is 0.337 e. The quantitative estimate of drug-likeness (QED) is 0.806. The first-order chi connectivity index (χ1) is 10.9. The summed E-state index contributed by atoms with van der Waals surface area (Å²) in [7, 11) is 4.05. The molecule has 0 unspecified atom stereocenters. The zero-order valence-electron chi connectivity index (χ0n) is 14.1. The Morgan fingerprint density at radius 1 is 1.35 bits per heavy atom. The highest BCUT2D eigenvalue weighted by Crippen LogP contribution is 2.23. The summed E-state index contributed by atoms with van der Waals surface area (Å²) < 4.78 is 2.87. The van der Waals surface area contributed by atoms with Crippen molar-refractivity contribution in [2.24, 2.45) is 0 Å². The molecule has 0 aliphatic carbocycles. The van der Waals surface area contributed by atoms with Crippen molar-refractivity contribution in [2.45, 2.75) is 32.7 Å². The number of hydrogen-bond acceptors (Lipinski definition) is 3. The van der Waals surface area contributed by atoms with E-state index in [2.05, 4.69) is 32.9 Å². The average Bonchev–Trinajstić information content (AvgIpc) is 2.83. The normalized spacial score (nSPS) is 16.9. The number of nitrogens with zero attached hydrogens (tertiary/aromatic N) is 4. The van der Waals surface area contributed by atoms with Gasteiger partial charge in [-0.25, -0.2) is 4.98 Å². The Labute approximate surface area is 145 Å². The van der Waals surface area contributed by atoms with Crippen LogP contribution < -0.4 is 0 Å². The Bertz CT molecular complexity index is 747. The minimum atomic E-state index is 0.0575. The number of carbonyl (C=O) groups is 1. The van der Waals surface area contributed by atoms with Crippen molar-refractivity contribution in [3.05, 3.63) is 33.7 Å². The van der Waals surface area contributed by atoms with Crippen LogP contribution in [0.5, 0.6) is 0 Å². The number of imidazole rings is 1. The van der Waals surface area contributed by atoms with Crippen LogP contribution in [0.3, 0.4) is 0 Å². The van der Waals surface area contributed by atoms with Crippen molar-refractivity contribution in [2.75, 3.05) is 27.2 Å². The van der Waals surface area contributed by atoms with Gasteiger partial charge in [0.1, 0.15) is 11.3 Å². The van der Waals surface area contributed by atoms with Gasteiger partial charge in [-0.3, -0.25) is 9.20 Å². The number of halogens is 1. The van der Waals surface area contributed by atoms with Crippen LogP contribution in [0, 0.1) is 13.8 Å². The maximum Gasteiger partial charge on any atom is 0.272 e.